The summed E-state index contributed by atoms with van der Waals surface area (Å²) in [6.45, 7) is 4.72. The van der Waals surface area contributed by atoms with Crippen molar-refractivity contribution in [2.24, 2.45) is 5.41 Å². The summed E-state index contributed by atoms with van der Waals surface area (Å²) in [5, 5.41) is 24.6. The Balaban J connectivity index is 2.77. The van der Waals surface area contributed by atoms with Crippen LogP contribution in [0.15, 0.2) is 35.5 Å². The summed E-state index contributed by atoms with van der Waals surface area (Å²) in [5.41, 5.74) is -0.875. The average Bonchev–Trinajstić information content (AvgIpc) is 2.68. The molecule has 0 aromatic heterocycles. The topological polar surface area (TPSA) is 136 Å². The molecule has 0 radical (unpaired) electrons. The van der Waals surface area contributed by atoms with Crippen LogP contribution in [0.25, 0.3) is 0 Å². The number of hydrogen-bond acceptors (Lipinski definition) is 8. The third-order valence-corrected chi connectivity index (χ3v) is 6.27. The number of carboxylic acids is 1. The molecule has 0 aliphatic carbocycles. The van der Waals surface area contributed by atoms with Crippen LogP contribution >= 0.6 is 11.8 Å². The van der Waals surface area contributed by atoms with E-state index in [1.54, 1.807) is 19.9 Å². The second kappa shape index (κ2) is 9.29. The molecule has 1 aromatic rings. The molecule has 0 spiro atoms. The number of methoxy groups -OCH3 is 1. The highest BCUT2D eigenvalue weighted by Gasteiger charge is 2.56. The maximum absolute atomic E-state index is 12.7. The molecule has 10 heteroatoms. The zero-order valence-corrected chi connectivity index (χ0v) is 17.9. The molecule has 1 aliphatic heterocycles. The van der Waals surface area contributed by atoms with Gasteiger partial charge in [-0.15, -0.1) is 0 Å². The minimum Gasteiger partial charge on any atom is -0.481 e. The van der Waals surface area contributed by atoms with Gasteiger partial charge in [-0.25, -0.2) is 4.79 Å². The van der Waals surface area contributed by atoms with Gasteiger partial charge in [0.15, 0.2) is 5.12 Å². The zero-order valence-electron chi connectivity index (χ0n) is 17.1. The van der Waals surface area contributed by atoms with Crippen molar-refractivity contribution in [3.63, 3.8) is 0 Å². The van der Waals surface area contributed by atoms with E-state index in [9.17, 15) is 29.6 Å². The summed E-state index contributed by atoms with van der Waals surface area (Å²) >= 11 is 0.994. The van der Waals surface area contributed by atoms with Gasteiger partial charge >= 0.3 is 11.9 Å². The number of benzene rings is 1. The summed E-state index contributed by atoms with van der Waals surface area (Å²) in [4.78, 5) is 47.5. The highest BCUT2D eigenvalue weighted by molar-refractivity contribution is 8.13. The second-order valence-corrected chi connectivity index (χ2v) is 8.39. The van der Waals surface area contributed by atoms with Crippen molar-refractivity contribution in [1.29, 1.82) is 0 Å². The smallest absolute Gasteiger partial charge is 0.336 e. The van der Waals surface area contributed by atoms with Crippen LogP contribution in [0.3, 0.4) is 0 Å². The molecule has 2 N–H and O–H groups in total. The number of allylic oxidation sites excluding steroid dienone is 1. The van der Waals surface area contributed by atoms with Crippen LogP contribution < -0.4 is 5.32 Å². The van der Waals surface area contributed by atoms with Crippen LogP contribution in [-0.4, -0.2) is 46.0 Å². The Hall–Kier alpha value is -2.88. The zero-order chi connectivity index (χ0) is 22.6. The van der Waals surface area contributed by atoms with E-state index < -0.39 is 34.2 Å². The first-order valence-electron chi connectivity index (χ1n) is 9.23. The van der Waals surface area contributed by atoms with Crippen LogP contribution in [0.5, 0.6) is 0 Å². The number of thioether (sulfide) groups is 1. The van der Waals surface area contributed by atoms with Crippen molar-refractivity contribution in [2.75, 3.05) is 12.9 Å². The number of esters is 1. The normalized spacial score (nSPS) is 23.5. The number of carbonyl (C=O) groups is 3. The van der Waals surface area contributed by atoms with E-state index >= 15 is 0 Å². The first kappa shape index (κ1) is 23.4. The van der Waals surface area contributed by atoms with Crippen molar-refractivity contribution in [2.45, 2.75) is 39.2 Å². The van der Waals surface area contributed by atoms with Crippen LogP contribution in [0.4, 0.5) is 5.69 Å². The number of hydrogen-bond donors (Lipinski definition) is 2. The second-order valence-electron chi connectivity index (χ2n) is 7.12. The van der Waals surface area contributed by atoms with Gasteiger partial charge in [0, 0.05) is 42.5 Å². The van der Waals surface area contributed by atoms with Gasteiger partial charge in [-0.05, 0) is 25.8 Å². The van der Waals surface area contributed by atoms with Gasteiger partial charge in [0.2, 0.25) is 0 Å². The standard InChI is InChI=1S/C20H24N2O7S/c1-11-16(18(24)29-4)17(14-6-5-7-15(10-14)22(27)28)20(19(25)26,12(2)21-11)8-9-30-13(3)23/h5-7,10,12,17,21H,8-9H2,1-4H3,(H,25,26). The van der Waals surface area contributed by atoms with Crippen molar-refractivity contribution in [1.82, 2.24) is 5.32 Å². The number of aliphatic carboxylic acids is 1. The van der Waals surface area contributed by atoms with E-state index in [2.05, 4.69) is 5.32 Å². The van der Waals surface area contributed by atoms with Crippen molar-refractivity contribution < 1.29 is 29.2 Å². The maximum Gasteiger partial charge on any atom is 0.336 e. The number of rotatable bonds is 7. The first-order chi connectivity index (χ1) is 14.1. The number of carbonyl (C=O) groups excluding carboxylic acids is 2. The van der Waals surface area contributed by atoms with E-state index in [0.29, 0.717) is 11.3 Å². The maximum atomic E-state index is 12.7. The number of nitrogens with one attached hydrogen (secondary N) is 1. The highest BCUT2D eigenvalue weighted by Crippen LogP contribution is 2.51. The summed E-state index contributed by atoms with van der Waals surface area (Å²) in [5.74, 6) is -2.68. The number of nitro benzene ring substituents is 1. The SMILES string of the molecule is COC(=O)C1=C(C)NC(C)C(CCSC(C)=O)(C(=O)O)C1c1cccc([N+](=O)[O-])c1. The lowest BCUT2D eigenvalue weighted by Gasteiger charge is -2.47. The number of nitro groups is 1. The quantitative estimate of drug-likeness (QED) is 0.375. The minimum absolute atomic E-state index is 0.0574. The van der Waals surface area contributed by atoms with Gasteiger partial charge in [-0.1, -0.05) is 23.9 Å². The molecule has 0 saturated carbocycles. The van der Waals surface area contributed by atoms with Crippen molar-refractivity contribution >= 4 is 34.5 Å². The van der Waals surface area contributed by atoms with Crippen LogP contribution in [-0.2, 0) is 19.1 Å². The predicted octanol–water partition coefficient (Wildman–Crippen LogP) is 2.86. The molecular formula is C20H24N2O7S. The molecule has 0 amide bonds. The Kier molecular flexibility index (Phi) is 7.25. The predicted molar refractivity (Wildman–Crippen MR) is 111 cm³/mol. The number of ether oxygens (including phenoxy) is 1. The van der Waals surface area contributed by atoms with E-state index in [1.807, 2.05) is 0 Å². The lowest BCUT2D eigenvalue weighted by molar-refractivity contribution is -0.384. The average molecular weight is 436 g/mol. The van der Waals surface area contributed by atoms with Gasteiger partial charge in [0.1, 0.15) is 0 Å². The van der Waals surface area contributed by atoms with Gasteiger partial charge < -0.3 is 15.2 Å². The Morgan fingerprint density at radius 2 is 2.03 bits per heavy atom. The van der Waals surface area contributed by atoms with Crippen LogP contribution in [0.2, 0.25) is 0 Å². The molecule has 0 fully saturated rings. The van der Waals surface area contributed by atoms with E-state index in [-0.39, 0.29) is 28.5 Å². The highest BCUT2D eigenvalue weighted by atomic mass is 32.2. The molecule has 2 rings (SSSR count). The fourth-order valence-electron chi connectivity index (χ4n) is 4.06. The Morgan fingerprint density at radius 3 is 2.57 bits per heavy atom. The minimum atomic E-state index is -1.54. The van der Waals surface area contributed by atoms with Gasteiger partial charge in [0.05, 0.1) is 23.0 Å². The molecule has 0 bridgehead atoms. The molecule has 0 saturated heterocycles. The van der Waals surface area contributed by atoms with Gasteiger partial charge in [-0.3, -0.25) is 19.7 Å². The summed E-state index contributed by atoms with van der Waals surface area (Å²) in [6, 6.07) is 4.99. The third kappa shape index (κ3) is 4.33. The molecule has 3 atom stereocenters. The lowest BCUT2D eigenvalue weighted by Crippen LogP contribution is -2.56. The molecule has 1 aromatic carbocycles. The fourth-order valence-corrected chi connectivity index (χ4v) is 4.79. The van der Waals surface area contributed by atoms with Crippen molar-refractivity contribution in [3.05, 3.63) is 51.2 Å². The Morgan fingerprint density at radius 1 is 1.37 bits per heavy atom. The Bertz CT molecular complexity index is 914. The van der Waals surface area contributed by atoms with Gasteiger partial charge in [-0.2, -0.15) is 0 Å². The fraction of sp³-hybridized carbons (Fsp3) is 0.450. The van der Waals surface area contributed by atoms with Crippen molar-refractivity contribution in [3.8, 4) is 0 Å². The van der Waals surface area contributed by atoms with Gasteiger partial charge in [0.25, 0.3) is 5.69 Å². The summed E-state index contributed by atoms with van der Waals surface area (Å²) in [7, 11) is 1.19. The van der Waals surface area contributed by atoms with E-state index in [1.165, 1.54) is 32.2 Å². The largest absolute Gasteiger partial charge is 0.481 e. The molecule has 30 heavy (non-hydrogen) atoms. The number of nitrogens with zero attached hydrogens (tertiary/aromatic N) is 1. The molecule has 1 aliphatic rings. The summed E-state index contributed by atoms with van der Waals surface area (Å²) in [6.07, 6.45) is 0.0574. The molecule has 9 nitrogen and oxygen atoms in total. The van der Waals surface area contributed by atoms with E-state index in [4.69, 9.17) is 4.74 Å². The third-order valence-electron chi connectivity index (χ3n) is 5.45. The molecule has 1 heterocycles. The lowest BCUT2D eigenvalue weighted by atomic mass is 9.61. The Labute approximate surface area is 178 Å². The molecular weight excluding hydrogens is 412 g/mol. The summed E-state index contributed by atoms with van der Waals surface area (Å²) < 4.78 is 4.92. The van der Waals surface area contributed by atoms with E-state index in [0.717, 1.165) is 11.8 Å². The molecule has 3 unspecified atom stereocenters. The number of non-ortho nitro benzene ring substituents is 1. The monoisotopic (exact) mass is 436 g/mol. The molecule has 162 valence electrons. The first-order valence-corrected chi connectivity index (χ1v) is 10.2. The van der Waals surface area contributed by atoms with Crippen LogP contribution in [0.1, 0.15) is 38.7 Å². The van der Waals surface area contributed by atoms with Crippen LogP contribution in [0, 0.1) is 15.5 Å². The number of carboxylic acid groups (broad SMARTS) is 1.